The first kappa shape index (κ1) is 30.5. The Labute approximate surface area is 296 Å². The first-order valence-corrected chi connectivity index (χ1v) is 16.9. The molecule has 0 saturated carbocycles. The predicted molar refractivity (Wildman–Crippen MR) is 208 cm³/mol. The van der Waals surface area contributed by atoms with E-state index in [9.17, 15) is 14.7 Å². The SMILES string of the molecule is O=COc1ccc(-c2ccc3c(c2)B(c2ccccc2)c2cccc4c2N3c2ccccc2B4c2cccc(-c3ccc(C(=O)O)cc3)c2)cc1. The quantitative estimate of drug-likeness (QED) is 0.184. The molecule has 51 heavy (non-hydrogen) atoms. The van der Waals surface area contributed by atoms with Crippen LogP contribution in [0.2, 0.25) is 0 Å². The second-order valence-corrected chi connectivity index (χ2v) is 13.0. The zero-order chi connectivity index (χ0) is 34.5. The van der Waals surface area contributed by atoms with E-state index in [1.165, 1.54) is 38.5 Å². The summed E-state index contributed by atoms with van der Waals surface area (Å²) in [6, 6.07) is 56.2. The van der Waals surface area contributed by atoms with Gasteiger partial charge in [-0.15, -0.1) is 0 Å². The van der Waals surface area contributed by atoms with E-state index < -0.39 is 5.97 Å². The number of anilines is 3. The highest BCUT2D eigenvalue weighted by atomic mass is 16.5. The van der Waals surface area contributed by atoms with Crippen LogP contribution in [-0.2, 0) is 4.79 Å². The van der Waals surface area contributed by atoms with Crippen molar-refractivity contribution in [2.75, 3.05) is 4.90 Å². The summed E-state index contributed by atoms with van der Waals surface area (Å²) in [5.41, 5.74) is 15.2. The standard InChI is InChI=1S/C44H29B2NO4/c48-28-51-36-23-20-30(21-24-36)33-22-25-42-40(27-33)45(34-9-2-1-3-10-34)38-13-7-14-39-43(38)47(42)41-15-5-4-12-37(41)46(39)35-11-6-8-32(26-35)29-16-18-31(19-17-29)44(49)50/h1-28H,(H,49,50). The minimum absolute atomic E-state index is 0.00461. The lowest BCUT2D eigenvalue weighted by Crippen LogP contribution is -2.64. The third-order valence-electron chi connectivity index (χ3n) is 10.2. The van der Waals surface area contributed by atoms with Crippen molar-refractivity contribution in [3.8, 4) is 28.0 Å². The van der Waals surface area contributed by atoms with Crippen LogP contribution in [0, 0.1) is 0 Å². The van der Waals surface area contributed by atoms with Crippen molar-refractivity contribution in [1.29, 1.82) is 0 Å². The van der Waals surface area contributed by atoms with E-state index in [4.69, 9.17) is 4.74 Å². The van der Waals surface area contributed by atoms with Crippen molar-refractivity contribution in [1.82, 2.24) is 0 Å². The van der Waals surface area contributed by atoms with Gasteiger partial charge >= 0.3 is 5.97 Å². The van der Waals surface area contributed by atoms with Crippen molar-refractivity contribution < 1.29 is 19.4 Å². The van der Waals surface area contributed by atoms with E-state index in [0.717, 1.165) is 33.6 Å². The summed E-state index contributed by atoms with van der Waals surface area (Å²) in [4.78, 5) is 24.9. The molecule has 0 aromatic heterocycles. The van der Waals surface area contributed by atoms with Crippen molar-refractivity contribution in [2.45, 2.75) is 0 Å². The molecule has 5 nitrogen and oxygen atoms in total. The number of carbonyl (C=O) groups is 2. The van der Waals surface area contributed by atoms with Crippen LogP contribution in [0.1, 0.15) is 10.4 Å². The van der Waals surface area contributed by atoms with E-state index >= 15 is 0 Å². The number of hydrogen-bond donors (Lipinski definition) is 1. The number of fused-ring (bicyclic) bond motifs is 4. The van der Waals surface area contributed by atoms with E-state index in [1.807, 2.05) is 36.4 Å². The Kier molecular flexibility index (Phi) is 7.40. The van der Waals surface area contributed by atoms with Crippen molar-refractivity contribution in [3.63, 3.8) is 0 Å². The molecule has 2 aliphatic heterocycles. The summed E-state index contributed by atoms with van der Waals surface area (Å²) >= 11 is 0. The molecule has 0 bridgehead atoms. The zero-order valence-electron chi connectivity index (χ0n) is 27.4. The lowest BCUT2D eigenvalue weighted by atomic mass is 9.30. The van der Waals surface area contributed by atoms with Crippen LogP contribution < -0.4 is 42.4 Å². The molecule has 2 aliphatic rings. The minimum atomic E-state index is -0.932. The number of rotatable bonds is 7. The highest BCUT2D eigenvalue weighted by Crippen LogP contribution is 2.38. The molecule has 0 amide bonds. The lowest BCUT2D eigenvalue weighted by Gasteiger charge is -2.44. The Bertz CT molecular complexity index is 2460. The number of aromatic carboxylic acids is 1. The van der Waals surface area contributed by atoms with Crippen LogP contribution in [-0.4, -0.2) is 31.0 Å². The monoisotopic (exact) mass is 657 g/mol. The van der Waals surface area contributed by atoms with Gasteiger partial charge in [-0.2, -0.15) is 0 Å². The first-order valence-electron chi connectivity index (χ1n) is 16.9. The summed E-state index contributed by atoms with van der Waals surface area (Å²) in [5.74, 6) is -0.421. The number of para-hydroxylation sites is 2. The molecule has 0 atom stereocenters. The van der Waals surface area contributed by atoms with Gasteiger partial charge in [0.25, 0.3) is 6.47 Å². The Morgan fingerprint density at radius 2 is 1.10 bits per heavy atom. The van der Waals surface area contributed by atoms with Crippen LogP contribution in [0.15, 0.2) is 164 Å². The Morgan fingerprint density at radius 1 is 0.529 bits per heavy atom. The summed E-state index contributed by atoms with van der Waals surface area (Å²) in [6.45, 7) is 0.425. The van der Waals surface area contributed by atoms with Gasteiger partial charge in [0, 0.05) is 17.1 Å². The fraction of sp³-hybridized carbons (Fsp3) is 0. The molecular formula is C44H29B2NO4. The number of carboxylic acid groups (broad SMARTS) is 1. The fourth-order valence-corrected chi connectivity index (χ4v) is 7.96. The zero-order valence-corrected chi connectivity index (χ0v) is 27.4. The van der Waals surface area contributed by atoms with Gasteiger partial charge < -0.3 is 14.7 Å². The van der Waals surface area contributed by atoms with Crippen LogP contribution in [0.3, 0.4) is 0 Å². The maximum Gasteiger partial charge on any atom is 0.335 e. The molecule has 7 aromatic rings. The number of hydrogen-bond acceptors (Lipinski definition) is 4. The summed E-state index contributed by atoms with van der Waals surface area (Å²) in [7, 11) is 0. The highest BCUT2D eigenvalue weighted by Gasteiger charge is 2.43. The molecule has 0 aliphatic carbocycles. The van der Waals surface area contributed by atoms with E-state index in [-0.39, 0.29) is 19.0 Å². The average Bonchev–Trinajstić information content (AvgIpc) is 3.18. The molecule has 240 valence electrons. The molecule has 0 spiro atoms. The van der Waals surface area contributed by atoms with Gasteiger partial charge in [-0.05, 0) is 80.5 Å². The number of carboxylic acids is 1. The van der Waals surface area contributed by atoms with Crippen molar-refractivity contribution in [2.24, 2.45) is 0 Å². The largest absolute Gasteiger partial charge is 0.478 e. The first-order chi connectivity index (χ1) is 25.1. The van der Waals surface area contributed by atoms with Crippen molar-refractivity contribution >= 4 is 75.7 Å². The van der Waals surface area contributed by atoms with Gasteiger partial charge in [0.1, 0.15) is 5.75 Å². The van der Waals surface area contributed by atoms with Crippen LogP contribution >= 0.6 is 0 Å². The van der Waals surface area contributed by atoms with Gasteiger partial charge in [0.2, 0.25) is 13.4 Å². The third kappa shape index (κ3) is 5.13. The van der Waals surface area contributed by atoms with E-state index in [2.05, 4.69) is 120 Å². The maximum atomic E-state index is 11.5. The molecule has 7 aromatic carbocycles. The number of carbonyl (C=O) groups excluding carboxylic acids is 1. The molecule has 1 N–H and O–H groups in total. The van der Waals surface area contributed by atoms with Gasteiger partial charge in [0.15, 0.2) is 0 Å². The lowest BCUT2D eigenvalue weighted by molar-refractivity contribution is -0.120. The molecule has 0 saturated heterocycles. The van der Waals surface area contributed by atoms with Gasteiger partial charge in [0.05, 0.1) is 5.56 Å². The molecule has 2 heterocycles. The molecular weight excluding hydrogens is 628 g/mol. The number of nitrogens with zero attached hydrogens (tertiary/aromatic N) is 1. The molecule has 0 fully saturated rings. The van der Waals surface area contributed by atoms with Crippen LogP contribution in [0.4, 0.5) is 17.1 Å². The molecule has 0 radical (unpaired) electrons. The van der Waals surface area contributed by atoms with E-state index in [0.29, 0.717) is 12.2 Å². The second kappa shape index (κ2) is 12.4. The van der Waals surface area contributed by atoms with Crippen molar-refractivity contribution in [3.05, 3.63) is 169 Å². The Hall–Kier alpha value is -6.59. The number of benzene rings is 7. The highest BCUT2D eigenvalue weighted by molar-refractivity contribution is 7.02. The summed E-state index contributed by atoms with van der Waals surface area (Å²) in [6.07, 6.45) is 0. The van der Waals surface area contributed by atoms with Gasteiger partial charge in [-0.1, -0.05) is 138 Å². The summed E-state index contributed by atoms with van der Waals surface area (Å²) < 4.78 is 5.06. The molecule has 9 rings (SSSR count). The predicted octanol–water partition coefficient (Wildman–Crippen LogP) is 5.38. The van der Waals surface area contributed by atoms with E-state index in [1.54, 1.807) is 12.1 Å². The van der Waals surface area contributed by atoms with Crippen LogP contribution in [0.5, 0.6) is 5.75 Å². The fourth-order valence-electron chi connectivity index (χ4n) is 7.96. The number of ether oxygens (including phenoxy) is 1. The van der Waals surface area contributed by atoms with Gasteiger partial charge in [-0.25, -0.2) is 4.79 Å². The smallest absolute Gasteiger partial charge is 0.335 e. The topological polar surface area (TPSA) is 66.8 Å². The maximum absolute atomic E-state index is 11.5. The molecule has 0 unspecified atom stereocenters. The molecule has 7 heteroatoms. The summed E-state index contributed by atoms with van der Waals surface area (Å²) in [5, 5.41) is 9.44. The van der Waals surface area contributed by atoms with Gasteiger partial charge in [-0.3, -0.25) is 4.79 Å². The Balaban J connectivity index is 1.23. The Morgan fingerprint density at radius 3 is 1.82 bits per heavy atom. The minimum Gasteiger partial charge on any atom is -0.478 e. The second-order valence-electron chi connectivity index (χ2n) is 13.0. The normalized spacial score (nSPS) is 12.4. The van der Waals surface area contributed by atoms with Crippen LogP contribution in [0.25, 0.3) is 22.3 Å². The average molecular weight is 657 g/mol. The third-order valence-corrected chi connectivity index (χ3v) is 10.2.